The second-order valence-electron chi connectivity index (χ2n) is 16.9. The summed E-state index contributed by atoms with van der Waals surface area (Å²) in [5, 5.41) is 18.8. The molecule has 0 spiro atoms. The lowest BCUT2D eigenvalue weighted by molar-refractivity contribution is -0.148. The fourth-order valence-electron chi connectivity index (χ4n) is 9.20. The summed E-state index contributed by atoms with van der Waals surface area (Å²) < 4.78 is 0. The van der Waals surface area contributed by atoms with Gasteiger partial charge in [-0.25, -0.2) is 0 Å². The van der Waals surface area contributed by atoms with Crippen LogP contribution in [-0.4, -0.2) is 117 Å². The number of fused-ring (bicyclic) bond motifs is 3. The van der Waals surface area contributed by atoms with Crippen LogP contribution < -0.4 is 16.0 Å². The summed E-state index contributed by atoms with van der Waals surface area (Å²) in [5.74, 6) is -5.31. The van der Waals surface area contributed by atoms with Gasteiger partial charge in [0, 0.05) is 32.5 Å². The van der Waals surface area contributed by atoms with Crippen molar-refractivity contribution in [2.24, 2.45) is 17.8 Å². The number of rotatable bonds is 8. The topological polar surface area (TPSA) is 186 Å². The Morgan fingerprint density at radius 2 is 1.03 bits per heavy atom. The molecule has 4 aliphatic heterocycles. The molecule has 14 nitrogen and oxygen atoms in total. The Bertz CT molecular complexity index is 1870. The molecule has 2 aromatic carbocycles. The van der Waals surface area contributed by atoms with Gasteiger partial charge in [-0.1, -0.05) is 83.0 Å². The second-order valence-corrected chi connectivity index (χ2v) is 16.9. The average molecular weight is 813 g/mol. The summed E-state index contributed by atoms with van der Waals surface area (Å²) in [6.45, 7) is 8.27. The van der Waals surface area contributed by atoms with Crippen LogP contribution in [0.1, 0.15) is 90.2 Å². The Kier molecular flexibility index (Phi) is 14.1. The molecule has 14 heteroatoms. The van der Waals surface area contributed by atoms with E-state index in [4.69, 9.17) is 0 Å². The highest BCUT2D eigenvalue weighted by molar-refractivity contribution is 6.07. The number of aromatic hydroxyl groups is 1. The number of hydrogen-bond donors (Lipinski definition) is 4. The van der Waals surface area contributed by atoms with Gasteiger partial charge >= 0.3 is 0 Å². The Labute approximate surface area is 346 Å². The highest BCUT2D eigenvalue weighted by atomic mass is 16.3. The Balaban J connectivity index is 1.42. The standard InChI is InChI=1S/C45H60N6O8/c1-5-27(3)37-39(53)34-15-10-22-49(34)43(57)32(26-30-18-20-31(52)21-19-30)46-40(54)35-16-12-24-51(35)45(59)38(28(4)6-2)48-41(55)36-17-11-23-50(36)44(58)33(47-42(37)56)25-29-13-8-7-9-14-29/h7-9,13-14,18-21,27-28,32-38,52H,5-6,10-12,15-17,22-26H2,1-4H3,(H,46,54)(H,47,56)(H,48,55)/t27-,28-,32-,33-,34-,35-,36-,37-,38-/m0/s1. The van der Waals surface area contributed by atoms with Gasteiger partial charge in [0.2, 0.25) is 35.4 Å². The van der Waals surface area contributed by atoms with Crippen LogP contribution in [0.4, 0.5) is 0 Å². The third-order valence-electron chi connectivity index (χ3n) is 13.0. The van der Waals surface area contributed by atoms with Crippen molar-refractivity contribution in [2.75, 3.05) is 19.6 Å². The number of nitrogens with one attached hydrogen (secondary N) is 3. The van der Waals surface area contributed by atoms with Crippen LogP contribution >= 0.6 is 0 Å². The molecule has 4 aliphatic rings. The van der Waals surface area contributed by atoms with Gasteiger partial charge in [0.05, 0.1) is 6.04 Å². The van der Waals surface area contributed by atoms with Crippen molar-refractivity contribution in [1.82, 2.24) is 30.7 Å². The van der Waals surface area contributed by atoms with Gasteiger partial charge < -0.3 is 35.8 Å². The first-order valence-electron chi connectivity index (χ1n) is 21.5. The van der Waals surface area contributed by atoms with Crippen molar-refractivity contribution in [3.05, 3.63) is 65.7 Å². The highest BCUT2D eigenvalue weighted by Gasteiger charge is 2.47. The molecule has 0 aliphatic carbocycles. The van der Waals surface area contributed by atoms with Crippen LogP contribution in [0.3, 0.4) is 0 Å². The molecule has 0 aromatic heterocycles. The molecule has 4 heterocycles. The number of Topliss-reactive ketones (excluding diaryl/α,β-unsaturated/α-hetero) is 1. The molecule has 0 unspecified atom stereocenters. The maximum absolute atomic E-state index is 14.7. The molecule has 59 heavy (non-hydrogen) atoms. The van der Waals surface area contributed by atoms with Crippen LogP contribution in [-0.2, 0) is 46.4 Å². The molecule has 0 radical (unpaired) electrons. The molecule has 4 saturated heterocycles. The van der Waals surface area contributed by atoms with Crippen LogP contribution in [0, 0.1) is 17.8 Å². The molecule has 2 aromatic rings. The lowest BCUT2D eigenvalue weighted by Gasteiger charge is -2.35. The number of phenols is 1. The van der Waals surface area contributed by atoms with Gasteiger partial charge in [0.25, 0.3) is 0 Å². The van der Waals surface area contributed by atoms with E-state index < -0.39 is 89.3 Å². The lowest BCUT2D eigenvalue weighted by Crippen LogP contribution is -2.61. The van der Waals surface area contributed by atoms with Gasteiger partial charge in [-0.05, 0) is 73.6 Å². The number of carbonyl (C=O) groups is 7. The fraction of sp³-hybridized carbons (Fsp3) is 0.578. The molecule has 318 valence electrons. The van der Waals surface area contributed by atoms with Crippen molar-refractivity contribution in [1.29, 1.82) is 0 Å². The third-order valence-corrected chi connectivity index (χ3v) is 13.0. The van der Waals surface area contributed by atoms with Gasteiger partial charge in [0.1, 0.15) is 41.9 Å². The number of amides is 6. The quantitative estimate of drug-likeness (QED) is 0.293. The summed E-state index contributed by atoms with van der Waals surface area (Å²) in [6, 6.07) is 9.55. The number of ketones is 1. The SMILES string of the molecule is CC[C@H](C)[C@@H]1C(=O)N[C@@H](Cc2ccccc2)C(=O)N2CCC[C@H]2C(=O)N[C@@H]([C@@H](C)CC)C(=O)N2CCC[C@H]2C(=O)N[C@@H](Cc2ccc(O)cc2)C(=O)N2CCC[C@H]2C1=O. The summed E-state index contributed by atoms with van der Waals surface area (Å²) in [4.78, 5) is 106. The minimum atomic E-state index is -1.19. The summed E-state index contributed by atoms with van der Waals surface area (Å²) >= 11 is 0. The third kappa shape index (κ3) is 9.63. The van der Waals surface area contributed by atoms with E-state index >= 15 is 0 Å². The van der Waals surface area contributed by atoms with Crippen molar-refractivity contribution < 1.29 is 38.7 Å². The summed E-state index contributed by atoms with van der Waals surface area (Å²) in [7, 11) is 0. The smallest absolute Gasteiger partial charge is 0.246 e. The predicted octanol–water partition coefficient (Wildman–Crippen LogP) is 2.90. The highest BCUT2D eigenvalue weighted by Crippen LogP contribution is 2.29. The summed E-state index contributed by atoms with van der Waals surface area (Å²) in [5.41, 5.74) is 1.44. The monoisotopic (exact) mass is 812 g/mol. The molecular weight excluding hydrogens is 753 g/mol. The largest absolute Gasteiger partial charge is 0.508 e. The molecule has 0 bridgehead atoms. The molecule has 6 rings (SSSR count). The zero-order valence-corrected chi connectivity index (χ0v) is 34.7. The second kappa shape index (κ2) is 19.2. The number of benzene rings is 2. The minimum absolute atomic E-state index is 0.0382. The number of carbonyl (C=O) groups excluding carboxylic acids is 7. The molecule has 9 atom stereocenters. The normalized spacial score (nSPS) is 28.6. The first-order valence-corrected chi connectivity index (χ1v) is 21.5. The van der Waals surface area contributed by atoms with Gasteiger partial charge in [-0.3, -0.25) is 33.6 Å². The molecule has 0 saturated carbocycles. The fourth-order valence-corrected chi connectivity index (χ4v) is 9.20. The van der Waals surface area contributed by atoms with Gasteiger partial charge in [-0.15, -0.1) is 0 Å². The number of hydrogen-bond acceptors (Lipinski definition) is 8. The zero-order chi connectivity index (χ0) is 42.4. The van der Waals surface area contributed by atoms with Gasteiger partial charge in [0.15, 0.2) is 5.78 Å². The lowest BCUT2D eigenvalue weighted by atomic mass is 9.83. The first-order chi connectivity index (χ1) is 28.3. The van der Waals surface area contributed by atoms with Crippen LogP contribution in [0.5, 0.6) is 5.75 Å². The van der Waals surface area contributed by atoms with E-state index in [1.54, 1.807) is 12.1 Å². The first kappa shape index (κ1) is 43.3. The maximum atomic E-state index is 14.7. The van der Waals surface area contributed by atoms with Crippen molar-refractivity contribution >= 4 is 41.2 Å². The van der Waals surface area contributed by atoms with Gasteiger partial charge in [-0.2, -0.15) is 0 Å². The van der Waals surface area contributed by atoms with Crippen molar-refractivity contribution in [3.63, 3.8) is 0 Å². The van der Waals surface area contributed by atoms with Crippen molar-refractivity contribution in [3.8, 4) is 5.75 Å². The molecular formula is C45H60N6O8. The molecule has 6 amide bonds. The minimum Gasteiger partial charge on any atom is -0.508 e. The van der Waals surface area contributed by atoms with Crippen LogP contribution in [0.25, 0.3) is 0 Å². The molecule has 4 fully saturated rings. The number of phenolic OH excluding ortho intramolecular Hbond substituents is 1. The van der Waals surface area contributed by atoms with E-state index in [1.807, 2.05) is 58.0 Å². The van der Waals surface area contributed by atoms with E-state index in [9.17, 15) is 38.7 Å². The maximum Gasteiger partial charge on any atom is 0.246 e. The van der Waals surface area contributed by atoms with Crippen LogP contribution in [0.15, 0.2) is 54.6 Å². The van der Waals surface area contributed by atoms with E-state index in [0.717, 1.165) is 5.56 Å². The zero-order valence-electron chi connectivity index (χ0n) is 34.7. The number of nitrogens with zero attached hydrogens (tertiary/aromatic N) is 3. The van der Waals surface area contributed by atoms with E-state index in [2.05, 4.69) is 16.0 Å². The Morgan fingerprint density at radius 3 is 1.58 bits per heavy atom. The van der Waals surface area contributed by atoms with Crippen molar-refractivity contribution in [2.45, 2.75) is 128 Å². The average Bonchev–Trinajstić information content (AvgIpc) is 4.04. The molecule has 4 N–H and O–H groups in total. The van der Waals surface area contributed by atoms with E-state index in [-0.39, 0.29) is 44.1 Å². The van der Waals surface area contributed by atoms with E-state index in [0.29, 0.717) is 56.9 Å². The summed E-state index contributed by atoms with van der Waals surface area (Å²) in [6.07, 6.45) is 3.81. The Morgan fingerprint density at radius 1 is 0.576 bits per heavy atom. The predicted molar refractivity (Wildman–Crippen MR) is 219 cm³/mol. The van der Waals surface area contributed by atoms with E-state index in [1.165, 1.54) is 26.8 Å². The van der Waals surface area contributed by atoms with Crippen LogP contribution in [0.2, 0.25) is 0 Å². The Hall–Kier alpha value is -5.27.